The van der Waals surface area contributed by atoms with Crippen molar-refractivity contribution in [3.8, 4) is 0 Å². The fraction of sp³-hybridized carbons (Fsp3) is 0.550. The number of amides is 1. The van der Waals surface area contributed by atoms with Gasteiger partial charge in [0.2, 0.25) is 11.7 Å². The van der Waals surface area contributed by atoms with Crippen LogP contribution in [0.4, 0.5) is 26.3 Å². The van der Waals surface area contributed by atoms with E-state index in [1.54, 1.807) is 20.8 Å². The number of rotatable bonds is 5. The molecular formula is C20H23F6N5O2S. The van der Waals surface area contributed by atoms with Crippen LogP contribution in [0.25, 0.3) is 0 Å². The van der Waals surface area contributed by atoms with Crippen LogP contribution in [0.15, 0.2) is 35.3 Å². The van der Waals surface area contributed by atoms with Gasteiger partial charge in [0.1, 0.15) is 22.6 Å². The van der Waals surface area contributed by atoms with Crippen molar-refractivity contribution in [1.82, 2.24) is 24.4 Å². The molecule has 2 aliphatic rings. The molecule has 2 heterocycles. The highest BCUT2D eigenvalue weighted by molar-refractivity contribution is 7.84. The van der Waals surface area contributed by atoms with E-state index in [0.717, 1.165) is 10.6 Å². The Bertz CT molecular complexity index is 1090. The summed E-state index contributed by atoms with van der Waals surface area (Å²) in [5.74, 6) is -6.36. The zero-order valence-electron chi connectivity index (χ0n) is 18.5. The maximum atomic E-state index is 14.2. The Morgan fingerprint density at radius 2 is 1.88 bits per heavy atom. The summed E-state index contributed by atoms with van der Waals surface area (Å²) < 4.78 is 95.7. The van der Waals surface area contributed by atoms with Crippen molar-refractivity contribution in [3.05, 3.63) is 47.0 Å². The van der Waals surface area contributed by atoms with Gasteiger partial charge in [0.15, 0.2) is 11.7 Å². The number of carbonyl (C=O) groups excluding carboxylic acids is 1. The molecule has 2 atom stereocenters. The van der Waals surface area contributed by atoms with Crippen LogP contribution < -0.4 is 4.72 Å². The van der Waals surface area contributed by atoms with E-state index in [1.807, 2.05) is 0 Å². The van der Waals surface area contributed by atoms with Crippen molar-refractivity contribution in [2.45, 2.75) is 57.6 Å². The summed E-state index contributed by atoms with van der Waals surface area (Å²) in [5.41, 5.74) is 0.0185. The van der Waals surface area contributed by atoms with Crippen molar-refractivity contribution in [2.24, 2.45) is 5.92 Å². The van der Waals surface area contributed by atoms with Gasteiger partial charge in [-0.1, -0.05) is 0 Å². The lowest BCUT2D eigenvalue weighted by molar-refractivity contribution is -0.148. The Kier molecular flexibility index (Phi) is 7.29. The molecule has 3 rings (SSSR count). The lowest BCUT2D eigenvalue weighted by Crippen LogP contribution is -2.39. The molecule has 1 aliphatic carbocycles. The summed E-state index contributed by atoms with van der Waals surface area (Å²) in [6, 6.07) is 0. The minimum Gasteiger partial charge on any atom is -0.330 e. The molecule has 188 valence electrons. The highest BCUT2D eigenvalue weighted by Gasteiger charge is 2.40. The molecule has 1 amide bonds. The SMILES string of the molecule is CC(C)(C)S(=O)N/C(=C\C(=O)N1CCn2c(nnc2C(F)(F)F)C1)CC1CC(F)=C(F)C=C1F. The Labute approximate surface area is 194 Å². The molecular weight excluding hydrogens is 488 g/mol. The molecule has 1 aliphatic heterocycles. The number of aromatic nitrogens is 3. The van der Waals surface area contributed by atoms with Gasteiger partial charge >= 0.3 is 6.18 Å². The number of hydrogen-bond acceptors (Lipinski definition) is 4. The fourth-order valence-electron chi connectivity index (χ4n) is 3.36. The van der Waals surface area contributed by atoms with Gasteiger partial charge in [-0.25, -0.2) is 17.4 Å². The second-order valence-electron chi connectivity index (χ2n) is 8.89. The van der Waals surface area contributed by atoms with Gasteiger partial charge in [0, 0.05) is 43.3 Å². The molecule has 0 bridgehead atoms. The number of nitrogens with zero attached hydrogens (tertiary/aromatic N) is 4. The molecule has 0 aromatic carbocycles. The van der Waals surface area contributed by atoms with Crippen LogP contribution in [-0.2, 0) is 35.0 Å². The van der Waals surface area contributed by atoms with E-state index in [0.29, 0.717) is 6.08 Å². The first-order chi connectivity index (χ1) is 15.7. The topological polar surface area (TPSA) is 80.1 Å². The van der Waals surface area contributed by atoms with Crippen LogP contribution in [0, 0.1) is 5.92 Å². The zero-order valence-corrected chi connectivity index (χ0v) is 19.4. The molecule has 0 saturated heterocycles. The Balaban J connectivity index is 1.81. The van der Waals surface area contributed by atoms with Crippen LogP contribution in [0.2, 0.25) is 0 Å². The summed E-state index contributed by atoms with van der Waals surface area (Å²) in [6.45, 7) is 4.44. The first kappa shape index (κ1) is 26.0. The van der Waals surface area contributed by atoms with Gasteiger partial charge in [0.05, 0.1) is 11.3 Å². The van der Waals surface area contributed by atoms with Crippen LogP contribution in [0.5, 0.6) is 0 Å². The summed E-state index contributed by atoms with van der Waals surface area (Å²) in [5, 5.41) is 6.66. The minimum absolute atomic E-state index is 0.0185. The van der Waals surface area contributed by atoms with E-state index < -0.39 is 63.5 Å². The largest absolute Gasteiger partial charge is 0.451 e. The van der Waals surface area contributed by atoms with Crippen molar-refractivity contribution >= 4 is 16.9 Å². The third-order valence-electron chi connectivity index (χ3n) is 5.20. The molecule has 0 saturated carbocycles. The normalized spacial score (nSPS) is 20.7. The van der Waals surface area contributed by atoms with Crippen LogP contribution in [0.1, 0.15) is 45.3 Å². The first-order valence-electron chi connectivity index (χ1n) is 10.3. The van der Waals surface area contributed by atoms with Crippen LogP contribution in [0.3, 0.4) is 0 Å². The summed E-state index contributed by atoms with van der Waals surface area (Å²) in [6.07, 6.45) is -4.07. The van der Waals surface area contributed by atoms with E-state index in [1.165, 1.54) is 4.90 Å². The van der Waals surface area contributed by atoms with Gasteiger partial charge in [-0.05, 0) is 27.2 Å². The van der Waals surface area contributed by atoms with E-state index in [4.69, 9.17) is 0 Å². The number of hydrogen-bond donors (Lipinski definition) is 1. The Hall–Kier alpha value is -2.64. The zero-order chi connectivity index (χ0) is 25.4. The quantitative estimate of drug-likeness (QED) is 0.479. The third-order valence-corrected chi connectivity index (χ3v) is 6.76. The second kappa shape index (κ2) is 9.55. The predicted octanol–water partition coefficient (Wildman–Crippen LogP) is 3.99. The summed E-state index contributed by atoms with van der Waals surface area (Å²) in [4.78, 5) is 14.1. The molecule has 0 spiro atoms. The average Bonchev–Trinajstić information content (AvgIpc) is 3.14. The van der Waals surface area contributed by atoms with E-state index in [-0.39, 0.29) is 37.6 Å². The molecule has 34 heavy (non-hydrogen) atoms. The Morgan fingerprint density at radius 3 is 2.50 bits per heavy atom. The van der Waals surface area contributed by atoms with Crippen LogP contribution >= 0.6 is 0 Å². The second-order valence-corrected chi connectivity index (χ2v) is 10.9. The van der Waals surface area contributed by atoms with E-state index >= 15 is 0 Å². The van der Waals surface area contributed by atoms with Gasteiger partial charge in [-0.3, -0.25) is 4.79 Å². The summed E-state index contributed by atoms with van der Waals surface area (Å²) in [7, 11) is -1.73. The van der Waals surface area contributed by atoms with Gasteiger partial charge < -0.3 is 14.2 Å². The molecule has 0 radical (unpaired) electrons. The average molecular weight is 511 g/mol. The minimum atomic E-state index is -4.69. The lowest BCUT2D eigenvalue weighted by atomic mass is 9.93. The number of carbonyl (C=O) groups is 1. The van der Waals surface area contributed by atoms with Crippen molar-refractivity contribution < 1.29 is 35.3 Å². The molecule has 2 unspecified atom stereocenters. The molecule has 14 heteroatoms. The number of halogens is 6. The van der Waals surface area contributed by atoms with Gasteiger partial charge in [0.25, 0.3) is 0 Å². The first-order valence-corrected chi connectivity index (χ1v) is 11.4. The van der Waals surface area contributed by atoms with Crippen molar-refractivity contribution in [2.75, 3.05) is 6.54 Å². The van der Waals surface area contributed by atoms with E-state index in [9.17, 15) is 35.3 Å². The molecule has 7 nitrogen and oxygen atoms in total. The number of fused-ring (bicyclic) bond motifs is 1. The van der Waals surface area contributed by atoms with Gasteiger partial charge in [-0.15, -0.1) is 10.2 Å². The highest BCUT2D eigenvalue weighted by Crippen LogP contribution is 2.35. The Morgan fingerprint density at radius 1 is 1.21 bits per heavy atom. The highest BCUT2D eigenvalue weighted by atomic mass is 32.2. The van der Waals surface area contributed by atoms with Crippen LogP contribution in [-0.4, -0.2) is 41.1 Å². The number of alkyl halides is 3. The smallest absolute Gasteiger partial charge is 0.330 e. The number of nitrogens with one attached hydrogen (secondary N) is 1. The van der Waals surface area contributed by atoms with E-state index in [2.05, 4.69) is 14.9 Å². The fourth-order valence-corrected chi connectivity index (χ4v) is 4.05. The molecule has 1 aromatic heterocycles. The summed E-state index contributed by atoms with van der Waals surface area (Å²) >= 11 is 0. The lowest BCUT2D eigenvalue weighted by Gasteiger charge is -2.28. The number of allylic oxidation sites excluding steroid dienone is 5. The van der Waals surface area contributed by atoms with Crippen molar-refractivity contribution in [1.29, 1.82) is 0 Å². The molecule has 1 N–H and O–H groups in total. The standard InChI is InChI=1S/C20H23F6N5O2S/c1-19(2,3)34(33)29-12(6-11-7-14(22)15(23)9-13(11)21)8-17(32)30-4-5-31-16(10-30)27-28-18(31)20(24,25)26/h8-9,11,29H,4-7,10H2,1-3H3/b12-8-. The molecule has 0 fully saturated rings. The van der Waals surface area contributed by atoms with Crippen molar-refractivity contribution in [3.63, 3.8) is 0 Å². The molecule has 1 aromatic rings. The maximum absolute atomic E-state index is 14.2. The monoisotopic (exact) mass is 511 g/mol. The van der Waals surface area contributed by atoms with Gasteiger partial charge in [-0.2, -0.15) is 13.2 Å². The maximum Gasteiger partial charge on any atom is 0.451 e. The third kappa shape index (κ3) is 5.88. The predicted molar refractivity (Wildman–Crippen MR) is 111 cm³/mol.